The van der Waals surface area contributed by atoms with Gasteiger partial charge in [0.1, 0.15) is 0 Å². The lowest BCUT2D eigenvalue weighted by atomic mass is 9.75. The molecule has 1 aromatic rings. The number of carbonyl (C=O) groups excluding carboxylic acids is 1. The fraction of sp³-hybridized carbons (Fsp3) is 0.652. The fourth-order valence-electron chi connectivity index (χ4n) is 4.15. The molecule has 2 aliphatic rings. The van der Waals surface area contributed by atoms with Crippen LogP contribution in [0.5, 0.6) is 0 Å². The first kappa shape index (κ1) is 24.0. The summed E-state index contributed by atoms with van der Waals surface area (Å²) in [5.41, 5.74) is 3.04. The lowest BCUT2D eigenvalue weighted by Gasteiger charge is -2.35. The molecule has 6 heteroatoms. The monoisotopic (exact) mass is 512 g/mol. The molecule has 0 unspecified atom stereocenters. The van der Waals surface area contributed by atoms with E-state index >= 15 is 0 Å². The highest BCUT2D eigenvalue weighted by Crippen LogP contribution is 2.34. The third-order valence-electron chi connectivity index (χ3n) is 6.04. The molecule has 1 aliphatic heterocycles. The summed E-state index contributed by atoms with van der Waals surface area (Å²) in [5.74, 6) is 1.13. The maximum atomic E-state index is 12.5. The molecule has 1 heterocycles. The number of halogens is 1. The van der Waals surface area contributed by atoms with E-state index in [0.29, 0.717) is 24.4 Å². The number of guanidine groups is 1. The summed E-state index contributed by atoms with van der Waals surface area (Å²) in [6.07, 6.45) is 6.28. The first-order valence-electron chi connectivity index (χ1n) is 10.9. The van der Waals surface area contributed by atoms with E-state index in [0.717, 1.165) is 32.0 Å². The summed E-state index contributed by atoms with van der Waals surface area (Å²) in [4.78, 5) is 19.2. The zero-order valence-electron chi connectivity index (χ0n) is 18.2. The van der Waals surface area contributed by atoms with Gasteiger partial charge >= 0.3 is 0 Å². The predicted molar refractivity (Wildman–Crippen MR) is 130 cm³/mol. The second-order valence-corrected chi connectivity index (χ2v) is 8.97. The van der Waals surface area contributed by atoms with Crippen molar-refractivity contribution in [3.05, 3.63) is 35.4 Å². The topological polar surface area (TPSA) is 56.7 Å². The molecule has 1 aromatic carbocycles. The second kappa shape index (κ2) is 11.2. The molecule has 1 amide bonds. The minimum Gasteiger partial charge on any atom is -0.357 e. The Kier molecular flexibility index (Phi) is 9.24. The fourth-order valence-corrected chi connectivity index (χ4v) is 4.15. The highest BCUT2D eigenvalue weighted by atomic mass is 127. The second-order valence-electron chi connectivity index (χ2n) is 8.97. The van der Waals surface area contributed by atoms with Crippen molar-refractivity contribution in [1.29, 1.82) is 0 Å². The molecule has 0 bridgehead atoms. The number of rotatable bonds is 6. The first-order valence-corrected chi connectivity index (χ1v) is 10.9. The molecular weight excluding hydrogens is 475 g/mol. The first-order chi connectivity index (χ1) is 13.5. The van der Waals surface area contributed by atoms with Crippen molar-refractivity contribution in [2.24, 2.45) is 10.4 Å². The van der Waals surface area contributed by atoms with Crippen molar-refractivity contribution in [2.75, 3.05) is 13.1 Å². The highest BCUT2D eigenvalue weighted by Gasteiger charge is 2.27. The van der Waals surface area contributed by atoms with Crippen molar-refractivity contribution >= 4 is 35.8 Å². The lowest BCUT2D eigenvalue weighted by Crippen LogP contribution is -2.45. The Hall–Kier alpha value is -1.31. The van der Waals surface area contributed by atoms with Crippen molar-refractivity contribution in [3.63, 3.8) is 0 Å². The number of benzene rings is 1. The van der Waals surface area contributed by atoms with Gasteiger partial charge in [0, 0.05) is 38.6 Å². The summed E-state index contributed by atoms with van der Waals surface area (Å²) in [6, 6.07) is 8.84. The van der Waals surface area contributed by atoms with E-state index in [-0.39, 0.29) is 29.9 Å². The standard InChI is InChI=1S/C23H36N4O.HI/c1-4-24-22(26-20-11-13-23(2,3)14-12-20)25-15-7-10-21(28)27-16-18-8-5-6-9-19(18)17-27;/h5-6,8-9,20H,4,7,10-17H2,1-3H3,(H2,24,25,26);1H. The molecule has 0 atom stereocenters. The summed E-state index contributed by atoms with van der Waals surface area (Å²) in [7, 11) is 0. The number of amides is 1. The predicted octanol–water partition coefficient (Wildman–Crippen LogP) is 4.45. The number of hydrogen-bond acceptors (Lipinski definition) is 2. The molecule has 29 heavy (non-hydrogen) atoms. The number of nitrogens with zero attached hydrogens (tertiary/aromatic N) is 2. The molecule has 0 radical (unpaired) electrons. The Balaban J connectivity index is 0.00000300. The van der Waals surface area contributed by atoms with Crippen LogP contribution in [0.4, 0.5) is 0 Å². The van der Waals surface area contributed by atoms with Crippen molar-refractivity contribution in [2.45, 2.75) is 78.4 Å². The van der Waals surface area contributed by atoms with Crippen molar-refractivity contribution in [3.8, 4) is 0 Å². The average molecular weight is 512 g/mol. The Morgan fingerprint density at radius 2 is 1.79 bits per heavy atom. The van der Waals surface area contributed by atoms with Gasteiger partial charge in [-0.05, 0) is 55.6 Å². The van der Waals surface area contributed by atoms with E-state index in [1.807, 2.05) is 17.0 Å². The van der Waals surface area contributed by atoms with Crippen LogP contribution in [0.2, 0.25) is 0 Å². The van der Waals surface area contributed by atoms with Crippen LogP contribution >= 0.6 is 24.0 Å². The molecule has 162 valence electrons. The van der Waals surface area contributed by atoms with Gasteiger partial charge in [-0.1, -0.05) is 38.1 Å². The molecule has 1 saturated carbocycles. The molecule has 2 N–H and O–H groups in total. The minimum absolute atomic E-state index is 0. The molecule has 0 saturated heterocycles. The minimum atomic E-state index is 0. The maximum absolute atomic E-state index is 12.5. The van der Waals surface area contributed by atoms with E-state index in [2.05, 4.69) is 43.5 Å². The van der Waals surface area contributed by atoms with Crippen LogP contribution in [0.3, 0.4) is 0 Å². The zero-order valence-corrected chi connectivity index (χ0v) is 20.5. The van der Waals surface area contributed by atoms with E-state index in [1.54, 1.807) is 0 Å². The largest absolute Gasteiger partial charge is 0.357 e. The van der Waals surface area contributed by atoms with Gasteiger partial charge in [-0.3, -0.25) is 9.79 Å². The smallest absolute Gasteiger partial charge is 0.223 e. The Bertz CT molecular complexity index is 669. The van der Waals surface area contributed by atoms with Crippen molar-refractivity contribution in [1.82, 2.24) is 15.5 Å². The van der Waals surface area contributed by atoms with Gasteiger partial charge < -0.3 is 15.5 Å². The number of aliphatic imine (C=N–C) groups is 1. The van der Waals surface area contributed by atoms with Gasteiger partial charge in [0.15, 0.2) is 5.96 Å². The van der Waals surface area contributed by atoms with Gasteiger partial charge in [-0.15, -0.1) is 24.0 Å². The Labute approximate surface area is 193 Å². The number of fused-ring (bicyclic) bond motifs is 1. The quantitative estimate of drug-likeness (QED) is 0.256. The van der Waals surface area contributed by atoms with E-state index in [9.17, 15) is 4.79 Å². The molecule has 1 aliphatic carbocycles. The summed E-state index contributed by atoms with van der Waals surface area (Å²) < 4.78 is 0. The maximum Gasteiger partial charge on any atom is 0.223 e. The summed E-state index contributed by atoms with van der Waals surface area (Å²) in [5, 5.41) is 6.94. The molecule has 1 fully saturated rings. The van der Waals surface area contributed by atoms with Gasteiger partial charge in [0.05, 0.1) is 0 Å². The third kappa shape index (κ3) is 7.15. The summed E-state index contributed by atoms with van der Waals surface area (Å²) in [6.45, 7) is 9.85. The Morgan fingerprint density at radius 3 is 2.38 bits per heavy atom. The molecule has 5 nitrogen and oxygen atoms in total. The van der Waals surface area contributed by atoms with Gasteiger partial charge in [-0.2, -0.15) is 0 Å². The number of hydrogen-bond donors (Lipinski definition) is 2. The molecule has 0 spiro atoms. The normalized spacial score (nSPS) is 18.7. The highest BCUT2D eigenvalue weighted by molar-refractivity contribution is 14.0. The van der Waals surface area contributed by atoms with E-state index < -0.39 is 0 Å². The van der Waals surface area contributed by atoms with Crippen LogP contribution in [0.25, 0.3) is 0 Å². The van der Waals surface area contributed by atoms with Crippen LogP contribution in [-0.2, 0) is 17.9 Å². The Morgan fingerprint density at radius 1 is 1.17 bits per heavy atom. The zero-order chi connectivity index (χ0) is 20.0. The molecule has 0 aromatic heterocycles. The van der Waals surface area contributed by atoms with E-state index in [1.165, 1.54) is 36.8 Å². The number of nitrogens with one attached hydrogen (secondary N) is 2. The van der Waals surface area contributed by atoms with Gasteiger partial charge in [-0.25, -0.2) is 0 Å². The molecule has 3 rings (SSSR count). The van der Waals surface area contributed by atoms with Gasteiger partial charge in [0.25, 0.3) is 0 Å². The molecular formula is C23H37IN4O. The van der Waals surface area contributed by atoms with Crippen LogP contribution in [0.15, 0.2) is 29.3 Å². The number of carbonyl (C=O) groups is 1. The average Bonchev–Trinajstić information content (AvgIpc) is 3.11. The van der Waals surface area contributed by atoms with Crippen LogP contribution in [-0.4, -0.2) is 35.9 Å². The van der Waals surface area contributed by atoms with E-state index in [4.69, 9.17) is 4.99 Å². The summed E-state index contributed by atoms with van der Waals surface area (Å²) >= 11 is 0. The SMILES string of the molecule is CCNC(=NCCCC(=O)N1Cc2ccccc2C1)NC1CCC(C)(C)CC1.I. The van der Waals surface area contributed by atoms with Crippen LogP contribution < -0.4 is 10.6 Å². The van der Waals surface area contributed by atoms with Gasteiger partial charge in [0.2, 0.25) is 5.91 Å². The van der Waals surface area contributed by atoms with Crippen molar-refractivity contribution < 1.29 is 4.79 Å². The third-order valence-corrected chi connectivity index (χ3v) is 6.04. The van der Waals surface area contributed by atoms with Crippen LogP contribution in [0.1, 0.15) is 70.4 Å². The lowest BCUT2D eigenvalue weighted by molar-refractivity contribution is -0.131. The van der Waals surface area contributed by atoms with Crippen LogP contribution in [0, 0.1) is 5.41 Å².